The molecule has 0 saturated heterocycles. The summed E-state index contributed by atoms with van der Waals surface area (Å²) in [5.41, 5.74) is -1.90. The van der Waals surface area contributed by atoms with Gasteiger partial charge in [-0.25, -0.2) is 0 Å². The minimum absolute atomic E-state index is 0.109. The predicted octanol–water partition coefficient (Wildman–Crippen LogP) is 0.687. The van der Waals surface area contributed by atoms with Crippen molar-refractivity contribution in [2.75, 3.05) is 0 Å². The van der Waals surface area contributed by atoms with Gasteiger partial charge >= 0.3 is 7.60 Å². The van der Waals surface area contributed by atoms with Gasteiger partial charge in [0.1, 0.15) is 0 Å². The fourth-order valence-electron chi connectivity index (χ4n) is 1.16. The van der Waals surface area contributed by atoms with Crippen molar-refractivity contribution in [1.82, 2.24) is 5.32 Å². The molecule has 0 aliphatic heterocycles. The van der Waals surface area contributed by atoms with Crippen molar-refractivity contribution in [3.05, 3.63) is 0 Å². The third-order valence-electron chi connectivity index (χ3n) is 2.01. The Bertz CT molecular complexity index is 290. The lowest BCUT2D eigenvalue weighted by Crippen LogP contribution is -2.33. The maximum atomic E-state index is 11.3. The first-order valence-corrected chi connectivity index (χ1v) is 8.16. The largest absolute Gasteiger partial charge is 0.356 e. The predicted molar refractivity (Wildman–Crippen MR) is 64.0 cm³/mol. The second-order valence-electron chi connectivity index (χ2n) is 4.14. The van der Waals surface area contributed by atoms with Crippen LogP contribution in [0.2, 0.25) is 0 Å². The molecule has 0 saturated carbocycles. The molecule has 0 aliphatic rings. The zero-order valence-corrected chi connectivity index (χ0v) is 11.6. The molecule has 0 aromatic rings. The van der Waals surface area contributed by atoms with Crippen LogP contribution < -0.4 is 5.32 Å². The van der Waals surface area contributed by atoms with E-state index >= 15 is 0 Å². The second kappa shape index (κ2) is 7.41. The van der Waals surface area contributed by atoms with E-state index in [1.165, 1.54) is 0 Å². The van der Waals surface area contributed by atoms with E-state index in [4.69, 9.17) is 19.6 Å². The maximum Gasteiger partial charge on any atom is 0.356 e. The van der Waals surface area contributed by atoms with E-state index in [-0.39, 0.29) is 6.42 Å². The number of hydrogen-bond donors (Lipinski definition) is 5. The summed E-state index contributed by atoms with van der Waals surface area (Å²) in [7, 11) is -7.65. The van der Waals surface area contributed by atoms with Crippen LogP contribution in [0, 0.1) is 5.92 Å². The molecule has 1 atom stereocenters. The highest BCUT2D eigenvalue weighted by Crippen LogP contribution is 2.53. The lowest BCUT2D eigenvalue weighted by Gasteiger charge is -2.20. The van der Waals surface area contributed by atoms with Crippen molar-refractivity contribution in [3.63, 3.8) is 0 Å². The lowest BCUT2D eigenvalue weighted by molar-refractivity contribution is -0.121. The quantitative estimate of drug-likeness (QED) is 0.438. The number of amides is 1. The van der Waals surface area contributed by atoms with Crippen molar-refractivity contribution in [3.8, 4) is 0 Å². The molecule has 102 valence electrons. The maximum absolute atomic E-state index is 11.3. The van der Waals surface area contributed by atoms with Crippen molar-refractivity contribution in [2.45, 2.75) is 38.6 Å². The molecule has 0 aromatic heterocycles. The van der Waals surface area contributed by atoms with E-state index in [0.717, 1.165) is 6.42 Å². The van der Waals surface area contributed by atoms with Crippen LogP contribution >= 0.6 is 16.0 Å². The van der Waals surface area contributed by atoms with E-state index < -0.39 is 27.4 Å². The average molecular weight is 287 g/mol. The van der Waals surface area contributed by atoms with E-state index in [1.807, 2.05) is 19.2 Å². The van der Waals surface area contributed by atoms with Gasteiger partial charge in [-0.15, -0.1) is 0 Å². The Labute approximate surface area is 101 Å². The van der Waals surface area contributed by atoms with Crippen LogP contribution in [-0.2, 0) is 9.36 Å². The van der Waals surface area contributed by atoms with Crippen molar-refractivity contribution < 1.29 is 28.9 Å². The highest BCUT2D eigenvalue weighted by atomic mass is 31.2. The fourth-order valence-corrected chi connectivity index (χ4v) is 2.81. The van der Waals surface area contributed by atoms with Gasteiger partial charge in [-0.05, 0) is 12.3 Å². The zero-order valence-electron chi connectivity index (χ0n) is 9.78. The molecule has 7 nitrogen and oxygen atoms in total. The Balaban J connectivity index is 4.20. The van der Waals surface area contributed by atoms with Gasteiger partial charge in [0.15, 0.2) is 0 Å². The van der Waals surface area contributed by atoms with Gasteiger partial charge < -0.3 is 24.9 Å². The van der Waals surface area contributed by atoms with Crippen molar-refractivity contribution >= 4 is 21.9 Å². The van der Waals surface area contributed by atoms with Crippen LogP contribution in [0.5, 0.6) is 0 Å². The normalized spacial score (nSPS) is 14.1. The standard InChI is InChI=1S/C8H19NO6P2/c1-6(2)4-3-5-7(10)9-8(16(11)12)17(13,14)15/h6,8,11-12H,3-5H2,1-2H3,(H,9,10)(H2,13,14,15). The molecule has 5 N–H and O–H groups in total. The molecule has 0 spiro atoms. The van der Waals surface area contributed by atoms with Crippen LogP contribution in [0.15, 0.2) is 0 Å². The Hall–Kier alpha value is -0.0300. The molecule has 0 heterocycles. The van der Waals surface area contributed by atoms with Gasteiger partial charge in [0.05, 0.1) is 0 Å². The summed E-state index contributed by atoms with van der Waals surface area (Å²) in [5, 5.41) is 1.96. The van der Waals surface area contributed by atoms with E-state index in [2.05, 4.69) is 0 Å². The summed E-state index contributed by atoms with van der Waals surface area (Å²) >= 11 is 0. The molecule has 0 aromatic carbocycles. The molecule has 1 amide bonds. The Kier molecular flexibility index (Phi) is 7.40. The van der Waals surface area contributed by atoms with Crippen LogP contribution in [0.4, 0.5) is 0 Å². The van der Waals surface area contributed by atoms with Crippen molar-refractivity contribution in [2.24, 2.45) is 5.92 Å². The highest BCUT2D eigenvalue weighted by Gasteiger charge is 2.36. The highest BCUT2D eigenvalue weighted by molar-refractivity contribution is 7.67. The summed E-state index contributed by atoms with van der Waals surface area (Å²) in [6, 6.07) is 0. The summed E-state index contributed by atoms with van der Waals surface area (Å²) in [6.07, 6.45) is 1.52. The summed E-state index contributed by atoms with van der Waals surface area (Å²) in [6.45, 7) is 3.99. The monoisotopic (exact) mass is 287 g/mol. The van der Waals surface area contributed by atoms with Crippen LogP contribution in [0.25, 0.3) is 0 Å². The van der Waals surface area contributed by atoms with E-state index in [0.29, 0.717) is 12.3 Å². The van der Waals surface area contributed by atoms with Crippen LogP contribution in [0.3, 0.4) is 0 Å². The smallest absolute Gasteiger partial charge is 0.348 e. The Morgan fingerprint density at radius 1 is 1.35 bits per heavy atom. The van der Waals surface area contributed by atoms with Gasteiger partial charge in [-0.2, -0.15) is 0 Å². The van der Waals surface area contributed by atoms with Gasteiger partial charge in [0, 0.05) is 6.42 Å². The van der Waals surface area contributed by atoms with Crippen LogP contribution in [0.1, 0.15) is 33.1 Å². The molecule has 9 heteroatoms. The molecule has 1 unspecified atom stereocenters. The number of carbonyl (C=O) groups is 1. The Morgan fingerprint density at radius 2 is 1.88 bits per heavy atom. The molecule has 0 bridgehead atoms. The average Bonchev–Trinajstić information content (AvgIpc) is 2.11. The minimum atomic E-state index is -4.74. The van der Waals surface area contributed by atoms with Gasteiger partial charge in [0.25, 0.3) is 0 Å². The summed E-state index contributed by atoms with van der Waals surface area (Å²) in [5.74, 6) is -0.150. The SMILES string of the molecule is CC(C)CCCC(=O)NC(P(O)O)P(=O)(O)O. The Morgan fingerprint density at radius 3 is 2.24 bits per heavy atom. The second-order valence-corrected chi connectivity index (χ2v) is 7.40. The molecule has 0 aliphatic carbocycles. The number of hydrogen-bond acceptors (Lipinski definition) is 4. The third kappa shape index (κ3) is 7.82. The summed E-state index contributed by atoms with van der Waals surface area (Å²) in [4.78, 5) is 46.6. The summed E-state index contributed by atoms with van der Waals surface area (Å²) < 4.78 is 10.9. The minimum Gasteiger partial charge on any atom is -0.348 e. The molecule has 17 heavy (non-hydrogen) atoms. The van der Waals surface area contributed by atoms with Crippen LogP contribution in [-0.4, -0.2) is 31.0 Å². The molecule has 0 radical (unpaired) electrons. The lowest BCUT2D eigenvalue weighted by atomic mass is 10.1. The van der Waals surface area contributed by atoms with Gasteiger partial charge in [-0.3, -0.25) is 9.36 Å². The molecular formula is C8H19NO6P2. The third-order valence-corrected chi connectivity index (χ3v) is 4.87. The first-order valence-electron chi connectivity index (χ1n) is 5.16. The zero-order chi connectivity index (χ0) is 13.6. The molecular weight excluding hydrogens is 268 g/mol. The fraction of sp³-hybridized carbons (Fsp3) is 0.875. The van der Waals surface area contributed by atoms with Gasteiger partial charge in [-0.1, -0.05) is 20.3 Å². The van der Waals surface area contributed by atoms with E-state index in [9.17, 15) is 9.36 Å². The van der Waals surface area contributed by atoms with E-state index in [1.54, 1.807) is 0 Å². The first kappa shape index (κ1) is 17.0. The van der Waals surface area contributed by atoms with Crippen molar-refractivity contribution in [1.29, 1.82) is 0 Å². The van der Waals surface area contributed by atoms with Gasteiger partial charge in [0.2, 0.25) is 19.8 Å². The number of nitrogens with one attached hydrogen (secondary N) is 1. The molecule has 0 rings (SSSR count). The number of rotatable bonds is 7. The number of carbonyl (C=O) groups excluding carboxylic acids is 1. The topological polar surface area (TPSA) is 127 Å². The first-order chi connectivity index (χ1) is 7.64. The molecule has 0 fully saturated rings.